The monoisotopic (exact) mass is 210 g/mol. The number of hydrogen-bond donors (Lipinski definition) is 0. The average Bonchev–Trinajstić information content (AvgIpc) is 2.62. The summed E-state index contributed by atoms with van der Waals surface area (Å²) < 4.78 is 0. The van der Waals surface area contributed by atoms with Crippen molar-refractivity contribution >= 4 is 5.78 Å². The molecule has 0 unspecified atom stereocenters. The van der Waals surface area contributed by atoms with Crippen molar-refractivity contribution in [2.45, 2.75) is 26.7 Å². The number of ketones is 1. The molecule has 1 heteroatoms. The second kappa shape index (κ2) is 3.18. The van der Waals surface area contributed by atoms with Crippen molar-refractivity contribution in [2.24, 2.45) is 0 Å². The van der Waals surface area contributed by atoms with Gasteiger partial charge >= 0.3 is 0 Å². The highest BCUT2D eigenvalue weighted by atomic mass is 16.1. The minimum Gasteiger partial charge on any atom is -0.294 e. The van der Waals surface area contributed by atoms with Crippen LogP contribution in [0.5, 0.6) is 0 Å². The molecule has 0 atom stereocenters. The molecule has 0 aromatic carbocycles. The zero-order valence-corrected chi connectivity index (χ0v) is 9.63. The molecule has 0 aromatic rings. The Bertz CT molecular complexity index is 566. The molecule has 0 aliphatic heterocycles. The number of Topliss-reactive ketones (excluding diaryl/α,β-unsaturated/α-hetero) is 1. The van der Waals surface area contributed by atoms with E-state index in [2.05, 4.69) is 32.0 Å². The molecule has 0 spiro atoms. The quantitative estimate of drug-likeness (QED) is 0.650. The summed E-state index contributed by atoms with van der Waals surface area (Å²) in [7, 11) is 0. The van der Waals surface area contributed by atoms with Gasteiger partial charge in [-0.3, -0.25) is 4.79 Å². The van der Waals surface area contributed by atoms with Crippen molar-refractivity contribution in [2.75, 3.05) is 0 Å². The van der Waals surface area contributed by atoms with Crippen LogP contribution in [-0.4, -0.2) is 5.78 Å². The van der Waals surface area contributed by atoms with Crippen molar-refractivity contribution in [3.63, 3.8) is 0 Å². The Morgan fingerprint density at radius 1 is 1.00 bits per heavy atom. The van der Waals surface area contributed by atoms with Gasteiger partial charge in [0, 0.05) is 12.0 Å². The molecular formula is C15H14O. The fraction of sp³-hybridized carbons (Fsp3) is 0.267. The lowest BCUT2D eigenvalue weighted by molar-refractivity contribution is 0.0980. The normalized spacial score (nSPS) is 14.5. The van der Waals surface area contributed by atoms with Crippen LogP contribution in [0.4, 0.5) is 0 Å². The van der Waals surface area contributed by atoms with E-state index >= 15 is 0 Å². The SMILES string of the molecule is Cc1cc(C)c2ccc3c-2c(c1)CCC3=O. The summed E-state index contributed by atoms with van der Waals surface area (Å²) in [6.07, 6.45) is 1.55. The molecule has 0 saturated heterocycles. The topological polar surface area (TPSA) is 17.1 Å². The predicted molar refractivity (Wildman–Crippen MR) is 65.2 cm³/mol. The van der Waals surface area contributed by atoms with Crippen LogP contribution in [0.1, 0.15) is 33.5 Å². The van der Waals surface area contributed by atoms with Gasteiger partial charge in [-0.05, 0) is 42.5 Å². The first-order valence-corrected chi connectivity index (χ1v) is 5.73. The highest BCUT2D eigenvalue weighted by Crippen LogP contribution is 2.38. The van der Waals surface area contributed by atoms with Gasteiger partial charge in [0.1, 0.15) is 0 Å². The minimum atomic E-state index is 0.297. The maximum Gasteiger partial charge on any atom is 0.163 e. The minimum absolute atomic E-state index is 0.297. The number of hydrogen-bond acceptors (Lipinski definition) is 1. The molecular weight excluding hydrogens is 196 g/mol. The summed E-state index contributed by atoms with van der Waals surface area (Å²) >= 11 is 0. The molecule has 0 amide bonds. The van der Waals surface area contributed by atoms with Gasteiger partial charge < -0.3 is 0 Å². The molecule has 3 aliphatic rings. The van der Waals surface area contributed by atoms with Gasteiger partial charge in [0.2, 0.25) is 0 Å². The molecule has 0 N–H and O–H groups in total. The molecule has 3 aliphatic carbocycles. The Kier molecular flexibility index (Phi) is 1.90. The van der Waals surface area contributed by atoms with Crippen molar-refractivity contribution in [1.29, 1.82) is 0 Å². The summed E-state index contributed by atoms with van der Waals surface area (Å²) in [4.78, 5) is 11.8. The van der Waals surface area contributed by atoms with Crippen LogP contribution >= 0.6 is 0 Å². The third-order valence-corrected chi connectivity index (χ3v) is 3.47. The van der Waals surface area contributed by atoms with Crippen LogP contribution in [0.15, 0.2) is 24.3 Å². The highest BCUT2D eigenvalue weighted by Gasteiger charge is 2.24. The third-order valence-electron chi connectivity index (χ3n) is 3.47. The zero-order chi connectivity index (χ0) is 11.3. The van der Waals surface area contributed by atoms with Crippen molar-refractivity contribution < 1.29 is 4.79 Å². The van der Waals surface area contributed by atoms with Gasteiger partial charge in [-0.1, -0.05) is 29.8 Å². The average molecular weight is 210 g/mol. The van der Waals surface area contributed by atoms with Gasteiger partial charge in [0.25, 0.3) is 0 Å². The lowest BCUT2D eigenvalue weighted by Gasteiger charge is -2.13. The van der Waals surface area contributed by atoms with Gasteiger partial charge in [-0.2, -0.15) is 0 Å². The van der Waals surface area contributed by atoms with Gasteiger partial charge in [0.15, 0.2) is 5.78 Å². The van der Waals surface area contributed by atoms with E-state index < -0.39 is 0 Å². The van der Waals surface area contributed by atoms with Gasteiger partial charge in [-0.15, -0.1) is 0 Å². The number of carbonyl (C=O) groups excluding carboxylic acids is 1. The van der Waals surface area contributed by atoms with Crippen molar-refractivity contribution in [3.8, 4) is 11.1 Å². The largest absolute Gasteiger partial charge is 0.294 e. The predicted octanol–water partition coefficient (Wildman–Crippen LogP) is 3.54. The number of carbonyl (C=O) groups is 1. The van der Waals surface area contributed by atoms with Crippen LogP contribution in [0.3, 0.4) is 0 Å². The first-order chi connectivity index (χ1) is 7.66. The summed E-state index contributed by atoms with van der Waals surface area (Å²) in [6, 6.07) is 8.50. The summed E-state index contributed by atoms with van der Waals surface area (Å²) in [5.41, 5.74) is 7.24. The maximum absolute atomic E-state index is 11.8. The molecule has 0 heterocycles. The second-order valence-electron chi connectivity index (χ2n) is 4.70. The molecule has 0 aromatic heterocycles. The molecule has 0 bridgehead atoms. The first kappa shape index (κ1) is 9.59. The van der Waals surface area contributed by atoms with E-state index in [-0.39, 0.29) is 0 Å². The second-order valence-corrected chi connectivity index (χ2v) is 4.70. The van der Waals surface area contributed by atoms with E-state index in [1.165, 1.54) is 27.8 Å². The molecule has 0 saturated carbocycles. The fourth-order valence-electron chi connectivity index (χ4n) is 2.77. The Hall–Kier alpha value is -1.63. The van der Waals surface area contributed by atoms with E-state index in [1.54, 1.807) is 0 Å². The summed E-state index contributed by atoms with van der Waals surface area (Å²) in [6.45, 7) is 4.24. The van der Waals surface area contributed by atoms with Gasteiger partial charge in [0.05, 0.1) is 0 Å². The summed E-state index contributed by atoms with van der Waals surface area (Å²) in [5.74, 6) is 0.297. The first-order valence-electron chi connectivity index (χ1n) is 5.73. The van der Waals surface area contributed by atoms with E-state index in [4.69, 9.17) is 0 Å². The van der Waals surface area contributed by atoms with E-state index in [9.17, 15) is 4.79 Å². The molecule has 80 valence electrons. The number of rotatable bonds is 0. The Balaban J connectivity index is 2.44. The van der Waals surface area contributed by atoms with Crippen LogP contribution in [-0.2, 0) is 6.42 Å². The molecule has 0 fully saturated rings. The van der Waals surface area contributed by atoms with Crippen LogP contribution in [0.2, 0.25) is 0 Å². The van der Waals surface area contributed by atoms with Crippen molar-refractivity contribution in [1.82, 2.24) is 0 Å². The number of aryl methyl sites for hydroxylation is 3. The van der Waals surface area contributed by atoms with Crippen LogP contribution < -0.4 is 0 Å². The highest BCUT2D eigenvalue weighted by molar-refractivity contribution is 6.06. The lowest BCUT2D eigenvalue weighted by atomic mass is 9.89. The maximum atomic E-state index is 11.8. The molecule has 3 rings (SSSR count). The Morgan fingerprint density at radius 2 is 1.75 bits per heavy atom. The van der Waals surface area contributed by atoms with Crippen molar-refractivity contribution in [3.05, 3.63) is 46.5 Å². The van der Waals surface area contributed by atoms with Crippen LogP contribution in [0.25, 0.3) is 11.1 Å². The standard InChI is InChI=1S/C15H14O/c1-9-7-10(2)12-4-5-13-14(16)6-3-11(8-9)15(12)13/h4-5,7-8H,3,6H2,1-2H3. The van der Waals surface area contributed by atoms with Gasteiger partial charge in [-0.25, -0.2) is 0 Å². The van der Waals surface area contributed by atoms with E-state index in [0.29, 0.717) is 12.2 Å². The van der Waals surface area contributed by atoms with E-state index in [0.717, 1.165) is 12.0 Å². The molecule has 0 radical (unpaired) electrons. The van der Waals surface area contributed by atoms with Crippen LogP contribution in [0, 0.1) is 13.8 Å². The zero-order valence-electron chi connectivity index (χ0n) is 9.63. The summed E-state index contributed by atoms with van der Waals surface area (Å²) in [5, 5.41) is 0. The third kappa shape index (κ3) is 1.21. The Morgan fingerprint density at radius 3 is 2.56 bits per heavy atom. The lowest BCUT2D eigenvalue weighted by Crippen LogP contribution is -2.08. The smallest absolute Gasteiger partial charge is 0.163 e. The molecule has 1 nitrogen and oxygen atoms in total. The van der Waals surface area contributed by atoms with E-state index in [1.807, 2.05) is 6.07 Å². The Labute approximate surface area is 95.4 Å². The fourth-order valence-corrected chi connectivity index (χ4v) is 2.77. The molecule has 16 heavy (non-hydrogen) atoms.